The van der Waals surface area contributed by atoms with Crippen LogP contribution in [0.1, 0.15) is 32.6 Å². The lowest BCUT2D eigenvalue weighted by atomic mass is 10.2. The highest BCUT2D eigenvalue weighted by atomic mass is 15.2. The average Bonchev–Trinajstić information content (AvgIpc) is 3.02. The van der Waals surface area contributed by atoms with Crippen LogP contribution in [0, 0.1) is 5.92 Å². The maximum Gasteiger partial charge on any atom is 0.0205 e. The Morgan fingerprint density at radius 1 is 1.33 bits per heavy atom. The zero-order valence-electron chi connectivity index (χ0n) is 9.97. The second kappa shape index (κ2) is 5.13. The molecule has 15 heavy (non-hydrogen) atoms. The second-order valence-corrected chi connectivity index (χ2v) is 5.13. The van der Waals surface area contributed by atoms with E-state index in [1.54, 1.807) is 0 Å². The van der Waals surface area contributed by atoms with Crippen molar-refractivity contribution in [3.05, 3.63) is 12.2 Å². The van der Waals surface area contributed by atoms with Gasteiger partial charge >= 0.3 is 0 Å². The van der Waals surface area contributed by atoms with E-state index in [-0.39, 0.29) is 0 Å². The van der Waals surface area contributed by atoms with Crippen molar-refractivity contribution in [2.45, 2.75) is 38.6 Å². The van der Waals surface area contributed by atoms with Gasteiger partial charge in [0.25, 0.3) is 0 Å². The fraction of sp³-hybridized carbons (Fsp3) is 0.846. The average molecular weight is 208 g/mol. The summed E-state index contributed by atoms with van der Waals surface area (Å²) in [5, 5.41) is 3.36. The minimum absolute atomic E-state index is 0.893. The Balaban J connectivity index is 1.69. The van der Waals surface area contributed by atoms with Crippen LogP contribution in [0.2, 0.25) is 0 Å². The lowest BCUT2D eigenvalue weighted by Gasteiger charge is -2.23. The molecule has 0 atom stereocenters. The van der Waals surface area contributed by atoms with E-state index in [0.29, 0.717) is 0 Å². The van der Waals surface area contributed by atoms with E-state index in [2.05, 4.69) is 23.7 Å². The summed E-state index contributed by atoms with van der Waals surface area (Å²) in [6.07, 6.45) is 5.76. The molecule has 0 amide bonds. The van der Waals surface area contributed by atoms with Gasteiger partial charge in [0.15, 0.2) is 0 Å². The molecule has 2 fully saturated rings. The second-order valence-electron chi connectivity index (χ2n) is 5.13. The monoisotopic (exact) mass is 208 g/mol. The Kier molecular flexibility index (Phi) is 3.81. The van der Waals surface area contributed by atoms with Crippen LogP contribution in [0.3, 0.4) is 0 Å². The van der Waals surface area contributed by atoms with Crippen molar-refractivity contribution in [3.63, 3.8) is 0 Å². The third-order valence-electron chi connectivity index (χ3n) is 3.30. The molecule has 0 aliphatic heterocycles. The van der Waals surface area contributed by atoms with Crippen molar-refractivity contribution in [2.24, 2.45) is 5.92 Å². The van der Waals surface area contributed by atoms with Gasteiger partial charge in [-0.2, -0.15) is 0 Å². The van der Waals surface area contributed by atoms with Crippen LogP contribution in [0.4, 0.5) is 0 Å². The highest BCUT2D eigenvalue weighted by Crippen LogP contribution is 2.34. The van der Waals surface area contributed by atoms with Crippen LogP contribution in [-0.4, -0.2) is 37.1 Å². The smallest absolute Gasteiger partial charge is 0.0205 e. The largest absolute Gasteiger partial charge is 0.313 e. The number of nitrogens with one attached hydrogen (secondary N) is 1. The summed E-state index contributed by atoms with van der Waals surface area (Å²) in [5.41, 5.74) is 1.35. The molecule has 0 aromatic heterocycles. The highest BCUT2D eigenvalue weighted by Gasteiger charge is 2.33. The van der Waals surface area contributed by atoms with Crippen molar-refractivity contribution in [1.29, 1.82) is 0 Å². The number of likely N-dealkylation sites (N-methyl/N-ethyl adjacent to an activating group) is 1. The summed E-state index contributed by atoms with van der Waals surface area (Å²) in [6, 6.07) is 0.893. The predicted molar refractivity (Wildman–Crippen MR) is 65.0 cm³/mol. The number of nitrogens with zero attached hydrogens (tertiary/aromatic N) is 1. The lowest BCUT2D eigenvalue weighted by Crippen LogP contribution is -2.32. The maximum absolute atomic E-state index is 4.17. The molecule has 0 aromatic carbocycles. The summed E-state index contributed by atoms with van der Waals surface area (Å²) >= 11 is 0. The number of hydrogen-bond acceptors (Lipinski definition) is 2. The van der Waals surface area contributed by atoms with Crippen LogP contribution >= 0.6 is 0 Å². The molecular weight excluding hydrogens is 184 g/mol. The number of hydrogen-bond donors (Lipinski definition) is 1. The van der Waals surface area contributed by atoms with Crippen LogP contribution in [0.25, 0.3) is 0 Å². The molecule has 0 unspecified atom stereocenters. The zero-order chi connectivity index (χ0) is 10.7. The van der Waals surface area contributed by atoms with Crippen LogP contribution in [0.15, 0.2) is 12.2 Å². The maximum atomic E-state index is 4.17. The Morgan fingerprint density at radius 2 is 2.07 bits per heavy atom. The van der Waals surface area contributed by atoms with Crippen molar-refractivity contribution in [1.82, 2.24) is 10.2 Å². The molecule has 2 aliphatic carbocycles. The minimum Gasteiger partial charge on any atom is -0.313 e. The van der Waals surface area contributed by atoms with Gasteiger partial charge in [0.05, 0.1) is 0 Å². The molecule has 2 rings (SSSR count). The van der Waals surface area contributed by atoms with Crippen molar-refractivity contribution in [3.8, 4) is 0 Å². The van der Waals surface area contributed by atoms with Crippen molar-refractivity contribution in [2.75, 3.05) is 26.2 Å². The van der Waals surface area contributed by atoms with Crippen molar-refractivity contribution < 1.29 is 0 Å². The Labute approximate surface area is 93.7 Å². The molecule has 0 spiro atoms. The summed E-state index contributed by atoms with van der Waals surface area (Å²) < 4.78 is 0. The van der Waals surface area contributed by atoms with Gasteiger partial charge in [-0.05, 0) is 43.7 Å². The molecule has 2 heteroatoms. The van der Waals surface area contributed by atoms with Gasteiger partial charge in [-0.3, -0.25) is 4.90 Å². The third kappa shape index (κ3) is 3.96. The highest BCUT2D eigenvalue weighted by molar-refractivity contribution is 5.03. The van der Waals surface area contributed by atoms with Crippen LogP contribution < -0.4 is 5.32 Å². The van der Waals surface area contributed by atoms with E-state index in [1.807, 2.05) is 0 Å². The fourth-order valence-corrected chi connectivity index (χ4v) is 2.06. The van der Waals surface area contributed by atoms with E-state index in [1.165, 1.54) is 37.8 Å². The molecule has 1 N–H and O–H groups in total. The first-order chi connectivity index (χ1) is 7.29. The summed E-state index contributed by atoms with van der Waals surface area (Å²) in [5.74, 6) is 1.01. The molecule has 2 nitrogen and oxygen atoms in total. The van der Waals surface area contributed by atoms with Gasteiger partial charge in [-0.1, -0.05) is 13.5 Å². The third-order valence-corrected chi connectivity index (χ3v) is 3.30. The molecule has 0 saturated heterocycles. The normalized spacial score (nSPS) is 20.9. The first kappa shape index (κ1) is 11.2. The number of rotatable bonds is 8. The molecule has 0 radical (unpaired) electrons. The summed E-state index contributed by atoms with van der Waals surface area (Å²) in [4.78, 5) is 2.66. The molecule has 0 bridgehead atoms. The molecular formula is C13H24N2. The first-order valence-electron chi connectivity index (χ1n) is 6.41. The van der Waals surface area contributed by atoms with E-state index >= 15 is 0 Å². The van der Waals surface area contributed by atoms with Gasteiger partial charge in [0.2, 0.25) is 0 Å². The van der Waals surface area contributed by atoms with E-state index in [9.17, 15) is 0 Å². The standard InChI is InChI=1S/C13H24N2/c1-3-14-8-11(2)9-15(13-6-7-13)10-12-4-5-12/h12-14H,2-10H2,1H3. The zero-order valence-corrected chi connectivity index (χ0v) is 9.97. The van der Waals surface area contributed by atoms with E-state index in [4.69, 9.17) is 0 Å². The fourth-order valence-electron chi connectivity index (χ4n) is 2.06. The molecule has 86 valence electrons. The van der Waals surface area contributed by atoms with E-state index < -0.39 is 0 Å². The van der Waals surface area contributed by atoms with Crippen LogP contribution in [-0.2, 0) is 0 Å². The van der Waals surface area contributed by atoms with Gasteiger partial charge in [0.1, 0.15) is 0 Å². The molecule has 2 aliphatic rings. The summed E-state index contributed by atoms with van der Waals surface area (Å²) in [6.45, 7) is 10.8. The predicted octanol–water partition coefficient (Wildman–Crippen LogP) is 2.03. The van der Waals surface area contributed by atoms with Crippen LogP contribution in [0.5, 0.6) is 0 Å². The topological polar surface area (TPSA) is 15.3 Å². The van der Waals surface area contributed by atoms with E-state index in [0.717, 1.165) is 31.6 Å². The molecule has 0 aromatic rings. The first-order valence-corrected chi connectivity index (χ1v) is 6.41. The Bertz CT molecular complexity index is 217. The molecule has 0 heterocycles. The lowest BCUT2D eigenvalue weighted by molar-refractivity contribution is 0.272. The summed E-state index contributed by atoms with van der Waals surface area (Å²) in [7, 11) is 0. The van der Waals surface area contributed by atoms with Gasteiger partial charge in [-0.15, -0.1) is 0 Å². The Morgan fingerprint density at radius 3 is 2.60 bits per heavy atom. The Hall–Kier alpha value is -0.340. The molecule has 2 saturated carbocycles. The quantitative estimate of drug-likeness (QED) is 0.614. The van der Waals surface area contributed by atoms with Gasteiger partial charge < -0.3 is 5.32 Å². The van der Waals surface area contributed by atoms with Crippen molar-refractivity contribution >= 4 is 0 Å². The minimum atomic E-state index is 0.893. The SMILES string of the molecule is C=C(CNCC)CN(CC1CC1)C1CC1. The van der Waals surface area contributed by atoms with Gasteiger partial charge in [-0.25, -0.2) is 0 Å². The van der Waals surface area contributed by atoms with Gasteiger partial charge in [0, 0.05) is 25.7 Å².